The lowest BCUT2D eigenvalue weighted by Gasteiger charge is -2.12. The van der Waals surface area contributed by atoms with Gasteiger partial charge in [0.15, 0.2) is 0 Å². The van der Waals surface area contributed by atoms with Crippen LogP contribution in [0.15, 0.2) is 11.8 Å². The van der Waals surface area contributed by atoms with Crippen molar-refractivity contribution in [3.63, 3.8) is 0 Å². The van der Waals surface area contributed by atoms with Gasteiger partial charge in [-0.25, -0.2) is 0 Å². The molecule has 0 amide bonds. The summed E-state index contributed by atoms with van der Waals surface area (Å²) in [6, 6.07) is 0. The zero-order chi connectivity index (χ0) is 12.1. The van der Waals surface area contributed by atoms with Gasteiger partial charge in [-0.3, -0.25) is 0 Å². The molecule has 0 fully saturated rings. The standard InChI is InChI=1S/C9H18O2.C2H6O2/c1-4-5-9(8(2)3)11-7-6-10;3-1-2-4/h5,8,10H,4,6-7H2,1-3H3;3-4H,1-2H2. The molecule has 0 bridgehead atoms. The maximum Gasteiger partial charge on any atom is 0.111 e. The predicted octanol–water partition coefficient (Wildman–Crippen LogP) is 0.916. The molecule has 4 heteroatoms. The smallest absolute Gasteiger partial charge is 0.111 e. The van der Waals surface area contributed by atoms with E-state index in [2.05, 4.69) is 26.8 Å². The highest BCUT2D eigenvalue weighted by atomic mass is 16.5. The van der Waals surface area contributed by atoms with Crippen LogP contribution in [0, 0.1) is 5.92 Å². The monoisotopic (exact) mass is 220 g/mol. The zero-order valence-corrected chi connectivity index (χ0v) is 9.94. The van der Waals surface area contributed by atoms with E-state index in [0.717, 1.165) is 12.2 Å². The Balaban J connectivity index is 0. The van der Waals surface area contributed by atoms with Crippen LogP contribution in [-0.4, -0.2) is 41.7 Å². The normalized spacial score (nSPS) is 11.0. The lowest BCUT2D eigenvalue weighted by atomic mass is 10.1. The first-order valence-corrected chi connectivity index (χ1v) is 5.29. The van der Waals surface area contributed by atoms with Crippen molar-refractivity contribution >= 4 is 0 Å². The average Bonchev–Trinajstić information content (AvgIpc) is 2.24. The molecule has 0 aliphatic heterocycles. The third-order valence-electron chi connectivity index (χ3n) is 1.43. The van der Waals surface area contributed by atoms with Gasteiger partial charge in [0.1, 0.15) is 6.61 Å². The van der Waals surface area contributed by atoms with Crippen LogP contribution >= 0.6 is 0 Å². The van der Waals surface area contributed by atoms with E-state index in [1.54, 1.807) is 0 Å². The third-order valence-corrected chi connectivity index (χ3v) is 1.43. The first kappa shape index (κ1) is 16.8. The third kappa shape index (κ3) is 13.4. The summed E-state index contributed by atoms with van der Waals surface area (Å²) in [5.41, 5.74) is 0. The molecule has 0 heterocycles. The molecule has 0 aromatic carbocycles. The lowest BCUT2D eigenvalue weighted by molar-refractivity contribution is 0.129. The molecule has 4 nitrogen and oxygen atoms in total. The Hall–Kier alpha value is -0.580. The van der Waals surface area contributed by atoms with Gasteiger partial charge in [-0.05, 0) is 12.5 Å². The van der Waals surface area contributed by atoms with Gasteiger partial charge in [-0.1, -0.05) is 20.8 Å². The number of allylic oxidation sites excluding steroid dienone is 2. The molecular formula is C11H24O4. The molecule has 92 valence electrons. The number of hydrogen-bond donors (Lipinski definition) is 3. The summed E-state index contributed by atoms with van der Waals surface area (Å²) >= 11 is 0. The minimum absolute atomic E-state index is 0.0910. The summed E-state index contributed by atoms with van der Waals surface area (Å²) in [5, 5.41) is 23.8. The zero-order valence-electron chi connectivity index (χ0n) is 9.94. The highest BCUT2D eigenvalue weighted by Crippen LogP contribution is 2.11. The molecular weight excluding hydrogens is 196 g/mol. The Kier molecular flexibility index (Phi) is 15.1. The maximum atomic E-state index is 8.51. The SMILES string of the molecule is CCC=C(OCCO)C(C)C.OCCO. The van der Waals surface area contributed by atoms with E-state index in [1.807, 2.05) is 0 Å². The number of ether oxygens (including phenoxy) is 1. The second-order valence-corrected chi connectivity index (χ2v) is 3.19. The second kappa shape index (κ2) is 13.4. The summed E-state index contributed by atoms with van der Waals surface area (Å²) in [7, 11) is 0. The van der Waals surface area contributed by atoms with Gasteiger partial charge >= 0.3 is 0 Å². The summed E-state index contributed by atoms with van der Waals surface area (Å²) < 4.78 is 5.30. The maximum absolute atomic E-state index is 8.51. The van der Waals surface area contributed by atoms with Crippen molar-refractivity contribution in [3.8, 4) is 0 Å². The molecule has 0 aliphatic rings. The molecule has 0 saturated heterocycles. The van der Waals surface area contributed by atoms with E-state index in [0.29, 0.717) is 12.5 Å². The summed E-state index contributed by atoms with van der Waals surface area (Å²) in [6.45, 7) is 6.49. The fourth-order valence-electron chi connectivity index (χ4n) is 0.826. The minimum Gasteiger partial charge on any atom is -0.496 e. The lowest BCUT2D eigenvalue weighted by Crippen LogP contribution is -2.04. The molecule has 0 aliphatic carbocycles. The van der Waals surface area contributed by atoms with Gasteiger partial charge in [0.2, 0.25) is 0 Å². The highest BCUT2D eigenvalue weighted by Gasteiger charge is 2.01. The van der Waals surface area contributed by atoms with Crippen molar-refractivity contribution in [2.75, 3.05) is 26.4 Å². The van der Waals surface area contributed by atoms with E-state index >= 15 is 0 Å². The van der Waals surface area contributed by atoms with E-state index < -0.39 is 0 Å². The summed E-state index contributed by atoms with van der Waals surface area (Å²) in [6.07, 6.45) is 3.04. The van der Waals surface area contributed by atoms with Crippen LogP contribution in [0.4, 0.5) is 0 Å². The van der Waals surface area contributed by atoms with Crippen LogP contribution in [0.25, 0.3) is 0 Å². The Morgan fingerprint density at radius 2 is 1.67 bits per heavy atom. The Morgan fingerprint density at radius 1 is 1.13 bits per heavy atom. The number of rotatable bonds is 6. The molecule has 0 spiro atoms. The van der Waals surface area contributed by atoms with Crippen LogP contribution in [0.5, 0.6) is 0 Å². The predicted molar refractivity (Wildman–Crippen MR) is 60.4 cm³/mol. The first-order chi connectivity index (χ1) is 7.13. The fourth-order valence-corrected chi connectivity index (χ4v) is 0.826. The molecule has 3 N–H and O–H groups in total. The molecule has 0 atom stereocenters. The second-order valence-electron chi connectivity index (χ2n) is 3.19. The first-order valence-electron chi connectivity index (χ1n) is 5.29. The Labute approximate surface area is 92.2 Å². The number of aliphatic hydroxyl groups is 3. The van der Waals surface area contributed by atoms with Gasteiger partial charge in [0.25, 0.3) is 0 Å². The topological polar surface area (TPSA) is 69.9 Å². The van der Waals surface area contributed by atoms with E-state index in [-0.39, 0.29) is 19.8 Å². The van der Waals surface area contributed by atoms with Gasteiger partial charge < -0.3 is 20.1 Å². The van der Waals surface area contributed by atoms with Crippen molar-refractivity contribution in [2.45, 2.75) is 27.2 Å². The Bertz CT molecular complexity index is 142. The van der Waals surface area contributed by atoms with Crippen LogP contribution in [0.3, 0.4) is 0 Å². The van der Waals surface area contributed by atoms with E-state index in [1.165, 1.54) is 0 Å². The van der Waals surface area contributed by atoms with Crippen LogP contribution in [-0.2, 0) is 4.74 Å². The average molecular weight is 220 g/mol. The highest BCUT2D eigenvalue weighted by molar-refractivity contribution is 4.95. The quantitative estimate of drug-likeness (QED) is 0.582. The molecule has 0 radical (unpaired) electrons. The molecule has 0 unspecified atom stereocenters. The largest absolute Gasteiger partial charge is 0.496 e. The minimum atomic E-state index is -0.125. The van der Waals surface area contributed by atoms with Crippen molar-refractivity contribution in [1.82, 2.24) is 0 Å². The van der Waals surface area contributed by atoms with E-state index in [4.69, 9.17) is 20.1 Å². The van der Waals surface area contributed by atoms with Gasteiger partial charge in [0, 0.05) is 5.92 Å². The van der Waals surface area contributed by atoms with Crippen molar-refractivity contribution < 1.29 is 20.1 Å². The van der Waals surface area contributed by atoms with E-state index in [9.17, 15) is 0 Å². The van der Waals surface area contributed by atoms with Gasteiger partial charge in [-0.2, -0.15) is 0 Å². The van der Waals surface area contributed by atoms with Crippen molar-refractivity contribution in [3.05, 3.63) is 11.8 Å². The number of aliphatic hydroxyl groups excluding tert-OH is 3. The summed E-state index contributed by atoms with van der Waals surface area (Å²) in [5.74, 6) is 1.41. The molecule has 0 rings (SSSR count). The van der Waals surface area contributed by atoms with Gasteiger partial charge in [-0.15, -0.1) is 0 Å². The number of hydrogen-bond acceptors (Lipinski definition) is 4. The molecule has 0 aromatic heterocycles. The van der Waals surface area contributed by atoms with Crippen LogP contribution < -0.4 is 0 Å². The Morgan fingerprint density at radius 3 is 1.93 bits per heavy atom. The van der Waals surface area contributed by atoms with Crippen molar-refractivity contribution in [2.24, 2.45) is 5.92 Å². The molecule has 15 heavy (non-hydrogen) atoms. The molecule has 0 aromatic rings. The van der Waals surface area contributed by atoms with Gasteiger partial charge in [0.05, 0.1) is 25.6 Å². The van der Waals surface area contributed by atoms with Crippen LogP contribution in [0.1, 0.15) is 27.2 Å². The fraction of sp³-hybridized carbons (Fsp3) is 0.818. The summed E-state index contributed by atoms with van der Waals surface area (Å²) in [4.78, 5) is 0. The van der Waals surface area contributed by atoms with Crippen LogP contribution in [0.2, 0.25) is 0 Å². The molecule has 0 saturated carbocycles. The van der Waals surface area contributed by atoms with Crippen molar-refractivity contribution in [1.29, 1.82) is 0 Å².